The van der Waals surface area contributed by atoms with E-state index in [9.17, 15) is 60.3 Å². The van der Waals surface area contributed by atoms with Gasteiger partial charge in [-0.3, -0.25) is 48.5 Å². The first-order valence-electron chi connectivity index (χ1n) is 42.0. The van der Waals surface area contributed by atoms with Crippen LogP contribution in [-0.4, -0.2) is 217 Å². The monoisotopic (exact) mass is 1790 g/mol. The molecule has 7 aliphatic heterocycles. The molecule has 7 heterocycles. The highest BCUT2D eigenvalue weighted by molar-refractivity contribution is 6.32. The Morgan fingerprint density at radius 3 is 1.91 bits per heavy atom. The Hall–Kier alpha value is -10.6. The van der Waals surface area contributed by atoms with E-state index in [0.717, 1.165) is 86.7 Å². The second-order valence-electron chi connectivity index (χ2n) is 34.4. The van der Waals surface area contributed by atoms with Crippen LogP contribution in [0.25, 0.3) is 11.1 Å². The maximum absolute atomic E-state index is 16.7. The summed E-state index contributed by atoms with van der Waals surface area (Å²) in [5.74, 6) is -14.1. The summed E-state index contributed by atoms with van der Waals surface area (Å²) < 4.78 is 44.9. The number of imide groups is 1. The maximum atomic E-state index is 16.7. The van der Waals surface area contributed by atoms with Crippen LogP contribution in [0.2, 0.25) is 10.0 Å². The van der Waals surface area contributed by atoms with Gasteiger partial charge in [0.05, 0.1) is 47.7 Å². The Kier molecular flexibility index (Phi) is 28.1. The number of carbonyl (C=O) groups excluding carboxylic acids is 9. The van der Waals surface area contributed by atoms with Gasteiger partial charge >= 0.3 is 0 Å². The molecule has 17 rings (SSSR count). The third kappa shape index (κ3) is 20.1. The molecule has 11 aliphatic rings. The largest absolute Gasteiger partial charge is 0.508 e. The lowest BCUT2D eigenvalue weighted by Crippen LogP contribution is -2.64. The summed E-state index contributed by atoms with van der Waals surface area (Å²) in [6.45, 7) is 9.20. The molecule has 15 bridgehead atoms. The third-order valence-electron chi connectivity index (χ3n) is 24.7. The number of benzene rings is 6. The summed E-state index contributed by atoms with van der Waals surface area (Å²) in [5, 5.41) is 133. The molecule has 6 aromatic rings. The number of amides is 9. The van der Waals surface area contributed by atoms with E-state index in [1.807, 2.05) is 20.8 Å². The van der Waals surface area contributed by atoms with Crippen LogP contribution >= 0.6 is 23.2 Å². The molecule has 0 unspecified atom stereocenters. The molecule has 6 aromatic carbocycles. The molecule has 36 nitrogen and oxygen atoms in total. The molecule has 0 radical (unpaired) electrons. The molecule has 38 heteroatoms. The quantitative estimate of drug-likeness (QED) is 0.0459. The topological polar surface area (TPSA) is 547 Å². The Morgan fingerprint density at radius 2 is 1.29 bits per heavy atom. The van der Waals surface area contributed by atoms with Crippen LogP contribution in [0.15, 0.2) is 103 Å². The number of aliphatic hydroxyl groups excluding tert-OH is 6. The number of nitrogens with one attached hydrogen (secondary N) is 10. The minimum absolute atomic E-state index is 0.0544. The molecule has 9 amide bonds. The third-order valence-corrected chi connectivity index (χ3v) is 25.3. The van der Waals surface area contributed by atoms with Gasteiger partial charge in [0.15, 0.2) is 23.9 Å². The van der Waals surface area contributed by atoms with Crippen LogP contribution in [0.5, 0.6) is 51.7 Å². The highest BCUT2D eigenvalue weighted by atomic mass is 35.5. The van der Waals surface area contributed by atoms with Crippen molar-refractivity contribution in [3.8, 4) is 62.9 Å². The highest BCUT2D eigenvalue weighted by Crippen LogP contribution is 2.55. The van der Waals surface area contributed by atoms with Gasteiger partial charge in [-0.05, 0) is 196 Å². The fourth-order valence-electron chi connectivity index (χ4n) is 18.5. The van der Waals surface area contributed by atoms with E-state index in [1.165, 1.54) is 45.2 Å². The van der Waals surface area contributed by atoms with Crippen molar-refractivity contribution in [2.24, 2.45) is 35.3 Å². The van der Waals surface area contributed by atoms with Gasteiger partial charge in [0.1, 0.15) is 108 Å². The number of carbonyl (C=O) groups is 9. The number of aliphatic hydroxyl groups is 6. The maximum Gasteiger partial charge on any atom is 0.248 e. The Balaban J connectivity index is 0.951. The van der Waals surface area contributed by atoms with E-state index in [2.05, 4.69) is 53.2 Å². The lowest BCUT2D eigenvalue weighted by Gasteiger charge is -2.54. The first-order valence-corrected chi connectivity index (χ1v) is 42.8. The van der Waals surface area contributed by atoms with Crippen LogP contribution in [0.1, 0.15) is 150 Å². The number of fused-ring (bicyclic) bond motifs is 15. The highest BCUT2D eigenvalue weighted by Gasteiger charge is 2.53. The summed E-state index contributed by atoms with van der Waals surface area (Å²) in [5.41, 5.74) is 3.32. The van der Waals surface area contributed by atoms with Gasteiger partial charge < -0.3 is 133 Å². The number of ether oxygens (including phenoxy) is 7. The van der Waals surface area contributed by atoms with Gasteiger partial charge in [-0.15, -0.1) is 0 Å². The number of hydrogen-bond donors (Lipinski definition) is 20. The second-order valence-corrected chi connectivity index (χ2v) is 35.2. The molecule has 4 aliphatic carbocycles. The molecule has 2 saturated heterocycles. The molecule has 676 valence electrons. The number of likely N-dealkylation sites (N-methyl/N-ethyl adjacent to an activating group) is 2. The normalized spacial score (nSPS) is 30.2. The number of nitrogens with two attached hydrogens (primary N) is 1. The zero-order valence-corrected chi connectivity index (χ0v) is 71.2. The van der Waals surface area contributed by atoms with Crippen LogP contribution in [-0.2, 0) is 63.8 Å². The second kappa shape index (κ2) is 38.6. The fraction of sp³-hybridized carbons (Fsp3) is 0.489. The summed E-state index contributed by atoms with van der Waals surface area (Å²) in [6, 6.07) is 6.27. The van der Waals surface area contributed by atoms with E-state index < -0.39 is 233 Å². The first-order chi connectivity index (χ1) is 60.0. The number of halogens is 2. The van der Waals surface area contributed by atoms with Gasteiger partial charge in [-0.1, -0.05) is 74.3 Å². The molecule has 21 N–H and O–H groups in total. The Morgan fingerprint density at radius 1 is 0.667 bits per heavy atom. The zero-order chi connectivity index (χ0) is 90.2. The van der Waals surface area contributed by atoms with Crippen molar-refractivity contribution in [3.05, 3.63) is 147 Å². The van der Waals surface area contributed by atoms with E-state index >= 15 is 28.8 Å². The predicted octanol–water partition coefficient (Wildman–Crippen LogP) is 3.35. The first kappa shape index (κ1) is 91.7. The molecular weight excluding hydrogens is 1680 g/mol. The van der Waals surface area contributed by atoms with Gasteiger partial charge in [0.2, 0.25) is 65.2 Å². The standard InChI is InChI=1S/C88H105Cl2N11O25/c1-7-93-18-19-120-49-13-8-39(9-14-49)26-63(106)95-64(107)34-55-81(114)97-69-47-30-60(122-58-16-11-43(28-52(58)89)73(108)71(85(118)94-55)100-80(113)54(92-6)20-37(2)3)77(126-87-78(76(111)75(110)62(36-102)124-87)125-65-35-88(5,91)79(112)38(4)121-65)61(31-47)123-59-17-12-44(29-53(59)90)74(109)72-86(119)99-70(84(117)96-67-45-22-40-21-41(24-45)25-46(67)23-40)51-32-48(103)33-57(105)66(51)50-27-42(10-15-56(50)104)68(82(115)101-72)98-83(69)116/h8-17,27-33,37-38,40-41,45-46,54-55,62,65,67-76,78-79,87,92-93,102-105,108-112H,7,18-26,34-36,91H2,1-6H3,(H,94,118)(H,96,117)(H,97,114)(H,98,116)(H,99,119)(H,100,113)(H,101,115)(H,95,106,107)/t38-,40?,41?,45?,46?,54+,55-,62+,65-,67?,68+,69+,70-,71+,72-,73+,74+,75+,76-,78+,79+,87-,88-/m0/s1. The summed E-state index contributed by atoms with van der Waals surface area (Å²) in [7, 11) is 1.48. The fourth-order valence-corrected chi connectivity index (χ4v) is 18.9. The van der Waals surface area contributed by atoms with Crippen molar-refractivity contribution in [1.29, 1.82) is 0 Å². The molecule has 0 spiro atoms. The van der Waals surface area contributed by atoms with E-state index in [-0.39, 0.29) is 80.5 Å². The van der Waals surface area contributed by atoms with E-state index in [0.29, 0.717) is 42.8 Å². The van der Waals surface area contributed by atoms with Crippen molar-refractivity contribution in [2.75, 3.05) is 33.4 Å². The summed E-state index contributed by atoms with van der Waals surface area (Å²) >= 11 is 14.5. The lowest BCUT2D eigenvalue weighted by molar-refractivity contribution is -0.333. The van der Waals surface area contributed by atoms with Gasteiger partial charge in [-0.25, -0.2) is 0 Å². The molecule has 18 atom stereocenters. The van der Waals surface area contributed by atoms with Crippen LogP contribution in [0.4, 0.5) is 0 Å². The average Bonchev–Trinajstić information content (AvgIpc) is 0.750. The van der Waals surface area contributed by atoms with Gasteiger partial charge in [-0.2, -0.15) is 0 Å². The van der Waals surface area contributed by atoms with Crippen LogP contribution in [0.3, 0.4) is 0 Å². The lowest BCUT2D eigenvalue weighted by atomic mass is 9.54. The Labute approximate surface area is 733 Å². The van der Waals surface area contributed by atoms with E-state index in [1.54, 1.807) is 24.3 Å². The number of aromatic hydroxyl groups is 3. The van der Waals surface area contributed by atoms with Crippen molar-refractivity contribution in [2.45, 2.75) is 208 Å². The predicted molar refractivity (Wildman–Crippen MR) is 449 cm³/mol. The zero-order valence-electron chi connectivity index (χ0n) is 69.7. The molecule has 4 saturated carbocycles. The minimum atomic E-state index is -2.42. The molecule has 6 fully saturated rings. The number of phenols is 3. The molecule has 0 aromatic heterocycles. The molecular formula is C88H105Cl2N11O25. The minimum Gasteiger partial charge on any atom is -0.508 e. The van der Waals surface area contributed by atoms with Crippen molar-refractivity contribution < 1.29 is 122 Å². The van der Waals surface area contributed by atoms with Crippen molar-refractivity contribution in [3.63, 3.8) is 0 Å². The summed E-state index contributed by atoms with van der Waals surface area (Å²) in [4.78, 5) is 139. The average molecular weight is 1790 g/mol. The van der Waals surface area contributed by atoms with Crippen molar-refractivity contribution in [1.82, 2.24) is 53.2 Å². The SMILES string of the molecule is CCNCCOc1ccc(CC(=O)NC(=O)C[C@@H]2NC(=O)[C@H](NC(=O)[C@@H](CC(C)C)NC)[C@H](O)c3ccc(c(Cl)c3)Oc3cc4cc(c3O[C@@H]3O[C@H](CO)[C@@H](O)[C@H](O)[C@H]3O[C@H]3C[C@](C)(N)[C@H](O)[C@H](C)O3)Oc3ccc(cc3Cl)[C@@H](O)[C@@H]3NC(=O)[C@H](NC(=O)[C@@H]4NC2=O)c2ccc(O)c(c2)-c2c(O)cc(O)cc2[C@@H](C(=O)NC2C4CC5CC(C4)CC2C5)NC3=O)cc1. The number of rotatable bonds is 21. The summed E-state index contributed by atoms with van der Waals surface area (Å²) in [6.07, 6.45) is -15.0. The Bertz CT molecular complexity index is 5100. The smallest absolute Gasteiger partial charge is 0.248 e. The van der Waals surface area contributed by atoms with Crippen LogP contribution in [0, 0.1) is 29.6 Å². The number of hydrogen-bond acceptors (Lipinski definition) is 28. The number of phenolic OH excluding ortho intramolecular Hbond substituents is 3. The van der Waals surface area contributed by atoms with E-state index in [4.69, 9.17) is 62.1 Å². The van der Waals surface area contributed by atoms with Crippen molar-refractivity contribution >= 4 is 76.4 Å². The molecule has 126 heavy (non-hydrogen) atoms. The van der Waals surface area contributed by atoms with Crippen LogP contribution < -0.4 is 77.8 Å². The van der Waals surface area contributed by atoms with Gasteiger partial charge in [0, 0.05) is 41.7 Å². The van der Waals surface area contributed by atoms with Gasteiger partial charge in [0.25, 0.3) is 0 Å².